The molecule has 0 fully saturated rings. The van der Waals surface area contributed by atoms with Gasteiger partial charge in [0.2, 0.25) is 0 Å². The Morgan fingerprint density at radius 2 is 1.14 bits per heavy atom. The SMILES string of the molecule is OP(O)O.[Ba+2].[Cd].[H-].[H-].[Zn]. The maximum Gasteiger partial charge on any atom is 2.00 e. The minimum absolute atomic E-state index is 0. The Balaban J connectivity index is -0.00000000450. The molecule has 0 saturated heterocycles. The maximum atomic E-state index is 7.23. The van der Waals surface area contributed by atoms with Gasteiger partial charge < -0.3 is 17.5 Å². The standard InChI is InChI=1S/Ba.Cd.H3O3P.Zn.2H/c;;1-4(2)3;;;/h;;1-3H;;;/q+2;;;;2*-1. The fourth-order valence-corrected chi connectivity index (χ4v) is 0. The molecule has 0 saturated carbocycles. The van der Waals surface area contributed by atoms with E-state index in [-0.39, 0.29) is 98.5 Å². The van der Waals surface area contributed by atoms with Crippen molar-refractivity contribution in [2.24, 2.45) is 0 Å². The second kappa shape index (κ2) is 16.2. The van der Waals surface area contributed by atoms with Gasteiger partial charge in [0.25, 0.3) is 0 Å². The Morgan fingerprint density at radius 1 is 1.14 bits per heavy atom. The van der Waals surface area contributed by atoms with E-state index in [2.05, 4.69) is 0 Å². The monoisotopic (exact) mass is 400 g/mol. The Labute approximate surface area is 119 Å². The van der Waals surface area contributed by atoms with Crippen molar-refractivity contribution < 1.29 is 64.3 Å². The Bertz CT molecular complexity index is 26.5. The van der Waals surface area contributed by atoms with Crippen molar-refractivity contribution in [3.8, 4) is 0 Å². The molecule has 0 aromatic rings. The molecule has 0 unspecified atom stereocenters. The van der Waals surface area contributed by atoms with Crippen LogP contribution in [0.5, 0.6) is 0 Å². The van der Waals surface area contributed by atoms with Crippen molar-refractivity contribution in [2.45, 2.75) is 0 Å². The summed E-state index contributed by atoms with van der Waals surface area (Å²) in [6.07, 6.45) is 0. The third-order valence-corrected chi connectivity index (χ3v) is 0. The summed E-state index contributed by atoms with van der Waals surface area (Å²) < 4.78 is 0. The van der Waals surface area contributed by atoms with E-state index >= 15 is 0 Å². The van der Waals surface area contributed by atoms with E-state index in [1.165, 1.54) is 0 Å². The minimum Gasteiger partial charge on any atom is -1.00 e. The third-order valence-electron chi connectivity index (χ3n) is 0. The van der Waals surface area contributed by atoms with E-state index in [9.17, 15) is 0 Å². The predicted molar refractivity (Wildman–Crippen MR) is 21.6 cm³/mol. The van der Waals surface area contributed by atoms with Crippen LogP contribution in [0.4, 0.5) is 0 Å². The van der Waals surface area contributed by atoms with Crippen LogP contribution >= 0.6 is 8.60 Å². The second-order valence-electron chi connectivity index (χ2n) is 0.268. The van der Waals surface area contributed by atoms with Gasteiger partial charge in [-0.25, -0.2) is 0 Å². The first-order valence-corrected chi connectivity index (χ1v) is 1.80. The molecule has 7 heavy (non-hydrogen) atoms. The number of rotatable bonds is 0. The third kappa shape index (κ3) is 44.3. The fraction of sp³-hybridized carbons (Fsp3) is 0. The summed E-state index contributed by atoms with van der Waals surface area (Å²) in [6, 6.07) is 0. The molecule has 0 bridgehead atoms. The summed E-state index contributed by atoms with van der Waals surface area (Å²) in [4.78, 5) is 21.7. The molecule has 3 N–H and O–H groups in total. The fourth-order valence-electron chi connectivity index (χ4n) is 0. The van der Waals surface area contributed by atoms with Gasteiger partial charge in [-0.3, -0.25) is 0 Å². The van der Waals surface area contributed by atoms with Crippen molar-refractivity contribution in [1.82, 2.24) is 0 Å². The molecular formula is H5BaCdO3PZn. The first-order chi connectivity index (χ1) is 1.73. The largest absolute Gasteiger partial charge is 2.00 e. The second-order valence-corrected chi connectivity index (χ2v) is 0.805. The van der Waals surface area contributed by atoms with Crippen LogP contribution in [-0.4, -0.2) is 63.6 Å². The zero-order valence-corrected chi connectivity index (χ0v) is 16.2. The molecule has 0 aliphatic rings. The smallest absolute Gasteiger partial charge is 1.00 e. The van der Waals surface area contributed by atoms with Crippen LogP contribution in [0.2, 0.25) is 0 Å². The van der Waals surface area contributed by atoms with Gasteiger partial charge >= 0.3 is 57.5 Å². The molecule has 0 amide bonds. The normalized spacial score (nSPS) is 5.14. The van der Waals surface area contributed by atoms with Crippen LogP contribution in [0, 0.1) is 0 Å². The van der Waals surface area contributed by atoms with Crippen LogP contribution in [0.1, 0.15) is 2.85 Å². The topological polar surface area (TPSA) is 60.7 Å². The van der Waals surface area contributed by atoms with Crippen LogP contribution < -0.4 is 0 Å². The van der Waals surface area contributed by atoms with Gasteiger partial charge in [-0.1, -0.05) is 0 Å². The summed E-state index contributed by atoms with van der Waals surface area (Å²) in [5.74, 6) is 0. The van der Waals surface area contributed by atoms with Gasteiger partial charge in [0.05, 0.1) is 0 Å². The van der Waals surface area contributed by atoms with Crippen molar-refractivity contribution in [3.05, 3.63) is 0 Å². The molecule has 0 heterocycles. The van der Waals surface area contributed by atoms with Crippen LogP contribution in [0.25, 0.3) is 0 Å². The molecule has 0 radical (unpaired) electrons. The van der Waals surface area contributed by atoms with Crippen molar-refractivity contribution in [3.63, 3.8) is 0 Å². The predicted octanol–water partition coefficient (Wildman–Crippen LogP) is -0.971. The van der Waals surface area contributed by atoms with Crippen molar-refractivity contribution in [2.75, 3.05) is 0 Å². The molecule has 0 spiro atoms. The molecule has 3 nitrogen and oxygen atoms in total. The molecule has 0 aliphatic heterocycles. The van der Waals surface area contributed by atoms with E-state index in [0.29, 0.717) is 0 Å². The van der Waals surface area contributed by atoms with Crippen molar-refractivity contribution >= 4 is 57.5 Å². The Hall–Kier alpha value is 3.43. The van der Waals surface area contributed by atoms with Crippen molar-refractivity contribution in [1.29, 1.82) is 0 Å². The van der Waals surface area contributed by atoms with Crippen LogP contribution in [-0.2, 0) is 46.8 Å². The summed E-state index contributed by atoms with van der Waals surface area (Å²) >= 11 is 0. The molecule has 0 aromatic heterocycles. The Morgan fingerprint density at radius 3 is 1.14 bits per heavy atom. The summed E-state index contributed by atoms with van der Waals surface area (Å²) in [5, 5.41) is 0. The molecule has 34 valence electrons. The van der Waals surface area contributed by atoms with Gasteiger partial charge in [-0.2, -0.15) is 0 Å². The summed E-state index contributed by atoms with van der Waals surface area (Å²) in [7, 11) is -2.62. The zero-order valence-electron chi connectivity index (χ0n) is 5.91. The number of hydrogen-bond acceptors (Lipinski definition) is 3. The first-order valence-electron chi connectivity index (χ1n) is 0.600. The van der Waals surface area contributed by atoms with Gasteiger partial charge in [0.15, 0.2) is 0 Å². The minimum atomic E-state index is -2.62. The van der Waals surface area contributed by atoms with Gasteiger partial charge in [-0.15, -0.1) is 0 Å². The molecule has 0 aromatic carbocycles. The molecule has 7 heteroatoms. The molecule has 0 rings (SSSR count). The summed E-state index contributed by atoms with van der Waals surface area (Å²) in [6.45, 7) is 0. The average Bonchev–Trinajstić information content (AvgIpc) is 0.811. The Kier molecular flexibility index (Phi) is 51.9. The van der Waals surface area contributed by atoms with Gasteiger partial charge in [0.1, 0.15) is 0 Å². The summed E-state index contributed by atoms with van der Waals surface area (Å²) in [5.41, 5.74) is 0. The van der Waals surface area contributed by atoms with Crippen LogP contribution in [0.15, 0.2) is 0 Å². The average molecular weight is 399 g/mol. The van der Waals surface area contributed by atoms with E-state index in [1.54, 1.807) is 0 Å². The first kappa shape index (κ1) is 22.4. The van der Waals surface area contributed by atoms with Gasteiger partial charge in [0, 0.05) is 46.8 Å². The van der Waals surface area contributed by atoms with Crippen LogP contribution in [0.3, 0.4) is 0 Å². The zero-order chi connectivity index (χ0) is 3.58. The molecular weight excluding hydrogens is 394 g/mol. The maximum absolute atomic E-state index is 7.23. The van der Waals surface area contributed by atoms with E-state index in [1.807, 2.05) is 0 Å². The van der Waals surface area contributed by atoms with E-state index < -0.39 is 8.60 Å². The number of hydrogen-bond donors (Lipinski definition) is 3. The van der Waals surface area contributed by atoms with E-state index in [4.69, 9.17) is 14.7 Å². The van der Waals surface area contributed by atoms with E-state index in [0.717, 1.165) is 0 Å². The molecule has 0 aliphatic carbocycles. The van der Waals surface area contributed by atoms with Gasteiger partial charge in [-0.05, 0) is 0 Å². The molecule has 0 atom stereocenters. The quantitative estimate of drug-likeness (QED) is 0.363.